The molecule has 1 aromatic rings. The van der Waals surface area contributed by atoms with Gasteiger partial charge in [0.15, 0.2) is 0 Å². The molecule has 4 heteroatoms. The first-order valence-corrected chi connectivity index (χ1v) is 7.09. The monoisotopic (exact) mass is 266 g/mol. The molecule has 0 radical (unpaired) electrons. The average Bonchev–Trinajstić information content (AvgIpc) is 2.34. The Labute approximate surface area is 114 Å². The van der Waals surface area contributed by atoms with Crippen LogP contribution in [-0.2, 0) is 4.79 Å². The van der Waals surface area contributed by atoms with Crippen molar-refractivity contribution in [1.82, 2.24) is 9.88 Å². The van der Waals surface area contributed by atoms with Gasteiger partial charge in [-0.3, -0.25) is 9.78 Å². The standard InChI is InChI=1S/C14H22N2OS/c1-11(12-7-6-8-15-9-12)16(5)13(17)10-18-14(2,3)4/h6-9,11H,10H2,1-5H3/t11-/m0/s1. The van der Waals surface area contributed by atoms with Crippen molar-refractivity contribution >= 4 is 17.7 Å². The average molecular weight is 266 g/mol. The normalized spacial score (nSPS) is 13.2. The van der Waals surface area contributed by atoms with Crippen molar-refractivity contribution in [2.45, 2.75) is 38.5 Å². The van der Waals surface area contributed by atoms with Crippen molar-refractivity contribution in [1.29, 1.82) is 0 Å². The maximum atomic E-state index is 12.1. The Morgan fingerprint density at radius 1 is 1.50 bits per heavy atom. The summed E-state index contributed by atoms with van der Waals surface area (Å²) >= 11 is 1.68. The van der Waals surface area contributed by atoms with Gasteiger partial charge in [0.05, 0.1) is 11.8 Å². The van der Waals surface area contributed by atoms with Gasteiger partial charge in [-0.25, -0.2) is 0 Å². The van der Waals surface area contributed by atoms with Gasteiger partial charge >= 0.3 is 0 Å². The number of hydrogen-bond acceptors (Lipinski definition) is 3. The number of hydrogen-bond donors (Lipinski definition) is 0. The lowest BCUT2D eigenvalue weighted by Gasteiger charge is -2.26. The maximum absolute atomic E-state index is 12.1. The van der Waals surface area contributed by atoms with Crippen LogP contribution in [-0.4, -0.2) is 33.3 Å². The summed E-state index contributed by atoms with van der Waals surface area (Å²) in [6.45, 7) is 8.39. The third-order valence-corrected chi connectivity index (χ3v) is 4.03. The number of carbonyl (C=O) groups excluding carboxylic acids is 1. The first-order chi connectivity index (χ1) is 8.31. The van der Waals surface area contributed by atoms with Crippen molar-refractivity contribution in [2.24, 2.45) is 0 Å². The Morgan fingerprint density at radius 2 is 2.17 bits per heavy atom. The molecule has 1 aromatic heterocycles. The quantitative estimate of drug-likeness (QED) is 0.839. The summed E-state index contributed by atoms with van der Waals surface area (Å²) in [4.78, 5) is 18.0. The predicted octanol–water partition coefficient (Wildman–Crippen LogP) is 3.13. The first kappa shape index (κ1) is 15.0. The van der Waals surface area contributed by atoms with E-state index in [9.17, 15) is 4.79 Å². The molecule has 100 valence electrons. The molecule has 3 nitrogen and oxygen atoms in total. The van der Waals surface area contributed by atoms with Crippen molar-refractivity contribution in [3.8, 4) is 0 Å². The Kier molecular flexibility index (Phi) is 5.20. The summed E-state index contributed by atoms with van der Waals surface area (Å²) in [6.07, 6.45) is 3.55. The molecular weight excluding hydrogens is 244 g/mol. The van der Waals surface area contributed by atoms with Gasteiger partial charge in [0.1, 0.15) is 0 Å². The third-order valence-electron chi connectivity index (χ3n) is 2.77. The molecule has 1 rings (SSSR count). The molecule has 0 bridgehead atoms. The van der Waals surface area contributed by atoms with Gasteiger partial charge in [0.25, 0.3) is 0 Å². The highest BCUT2D eigenvalue weighted by Crippen LogP contribution is 2.25. The summed E-state index contributed by atoms with van der Waals surface area (Å²) in [5.74, 6) is 0.677. The van der Waals surface area contributed by atoms with Crippen molar-refractivity contribution in [3.63, 3.8) is 0 Å². The summed E-state index contributed by atoms with van der Waals surface area (Å²) in [5.41, 5.74) is 1.06. The summed E-state index contributed by atoms with van der Waals surface area (Å²) < 4.78 is 0.119. The van der Waals surface area contributed by atoms with Crippen LogP contribution in [0.5, 0.6) is 0 Å². The highest BCUT2D eigenvalue weighted by molar-refractivity contribution is 8.01. The zero-order chi connectivity index (χ0) is 13.8. The van der Waals surface area contributed by atoms with Crippen LogP contribution in [0.15, 0.2) is 24.5 Å². The van der Waals surface area contributed by atoms with E-state index in [2.05, 4.69) is 25.8 Å². The number of amides is 1. The minimum atomic E-state index is 0.0618. The van der Waals surface area contributed by atoms with Crippen LogP contribution in [0.4, 0.5) is 0 Å². The molecule has 0 aliphatic heterocycles. The molecule has 0 N–H and O–H groups in total. The van der Waals surface area contributed by atoms with E-state index in [1.54, 1.807) is 22.9 Å². The van der Waals surface area contributed by atoms with Crippen LogP contribution in [0.2, 0.25) is 0 Å². The number of nitrogens with zero attached hydrogens (tertiary/aromatic N) is 2. The molecular formula is C14H22N2OS. The lowest BCUT2D eigenvalue weighted by Crippen LogP contribution is -2.32. The lowest BCUT2D eigenvalue weighted by atomic mass is 10.1. The van der Waals surface area contributed by atoms with Crippen LogP contribution in [0.25, 0.3) is 0 Å². The third kappa shape index (κ3) is 4.69. The van der Waals surface area contributed by atoms with Crippen LogP contribution in [0, 0.1) is 0 Å². The molecule has 0 aliphatic carbocycles. The Hall–Kier alpha value is -1.03. The molecule has 1 amide bonds. The fraction of sp³-hybridized carbons (Fsp3) is 0.571. The molecule has 0 aromatic carbocycles. The summed E-state index contributed by atoms with van der Waals surface area (Å²) in [5, 5.41) is 0. The predicted molar refractivity (Wildman–Crippen MR) is 77.6 cm³/mol. The van der Waals surface area contributed by atoms with Gasteiger partial charge in [-0.15, -0.1) is 11.8 Å². The van der Waals surface area contributed by atoms with Gasteiger partial charge in [-0.2, -0.15) is 0 Å². The second kappa shape index (κ2) is 6.23. The van der Waals surface area contributed by atoms with Crippen molar-refractivity contribution in [2.75, 3.05) is 12.8 Å². The highest BCUT2D eigenvalue weighted by atomic mass is 32.2. The van der Waals surface area contributed by atoms with Gasteiger partial charge < -0.3 is 4.90 Å². The first-order valence-electron chi connectivity index (χ1n) is 6.11. The van der Waals surface area contributed by atoms with Crippen LogP contribution in [0.3, 0.4) is 0 Å². The number of pyridine rings is 1. The fourth-order valence-electron chi connectivity index (χ4n) is 1.44. The zero-order valence-corrected chi connectivity index (χ0v) is 12.6. The van der Waals surface area contributed by atoms with Crippen LogP contribution in [0.1, 0.15) is 39.3 Å². The molecule has 0 saturated carbocycles. The zero-order valence-electron chi connectivity index (χ0n) is 11.8. The maximum Gasteiger partial charge on any atom is 0.232 e. The second-order valence-electron chi connectivity index (χ2n) is 5.37. The molecule has 0 spiro atoms. The molecule has 0 unspecified atom stereocenters. The largest absolute Gasteiger partial charge is 0.338 e. The Bertz CT molecular complexity index is 387. The van der Waals surface area contributed by atoms with E-state index in [4.69, 9.17) is 0 Å². The molecule has 18 heavy (non-hydrogen) atoms. The van der Waals surface area contributed by atoms with E-state index in [0.29, 0.717) is 5.75 Å². The molecule has 0 saturated heterocycles. The number of thioether (sulfide) groups is 1. The van der Waals surface area contributed by atoms with Gasteiger partial charge in [-0.1, -0.05) is 26.8 Å². The van der Waals surface area contributed by atoms with E-state index in [0.717, 1.165) is 5.56 Å². The van der Waals surface area contributed by atoms with Gasteiger partial charge in [0, 0.05) is 24.2 Å². The van der Waals surface area contributed by atoms with Crippen molar-refractivity contribution < 1.29 is 4.79 Å². The fourth-order valence-corrected chi connectivity index (χ4v) is 2.20. The Balaban J connectivity index is 2.59. The SMILES string of the molecule is C[C@@H](c1cccnc1)N(C)C(=O)CSC(C)(C)C. The smallest absolute Gasteiger partial charge is 0.232 e. The number of rotatable bonds is 4. The topological polar surface area (TPSA) is 33.2 Å². The number of aromatic nitrogens is 1. The molecule has 1 atom stereocenters. The minimum Gasteiger partial charge on any atom is -0.338 e. The van der Waals surface area contributed by atoms with E-state index < -0.39 is 0 Å². The highest BCUT2D eigenvalue weighted by Gasteiger charge is 2.20. The van der Waals surface area contributed by atoms with Crippen LogP contribution >= 0.6 is 11.8 Å². The van der Waals surface area contributed by atoms with Crippen molar-refractivity contribution in [3.05, 3.63) is 30.1 Å². The Morgan fingerprint density at radius 3 is 2.67 bits per heavy atom. The number of carbonyl (C=O) groups is 1. The summed E-state index contributed by atoms with van der Waals surface area (Å²) in [7, 11) is 1.85. The second-order valence-corrected chi connectivity index (χ2v) is 7.17. The minimum absolute atomic E-state index is 0.0618. The molecule has 0 aliphatic rings. The van der Waals surface area contributed by atoms with Crippen LogP contribution < -0.4 is 0 Å². The van der Waals surface area contributed by atoms with E-state index in [1.807, 2.05) is 32.3 Å². The summed E-state index contributed by atoms with van der Waals surface area (Å²) in [6, 6.07) is 3.96. The molecule has 0 fully saturated rings. The van der Waals surface area contributed by atoms with Gasteiger partial charge in [-0.05, 0) is 18.6 Å². The van der Waals surface area contributed by atoms with E-state index in [-0.39, 0.29) is 16.7 Å². The van der Waals surface area contributed by atoms with Gasteiger partial charge in [0.2, 0.25) is 5.91 Å². The molecule has 1 heterocycles. The van der Waals surface area contributed by atoms with E-state index in [1.165, 1.54) is 0 Å². The van der Waals surface area contributed by atoms with E-state index >= 15 is 0 Å². The lowest BCUT2D eigenvalue weighted by molar-refractivity contribution is -0.128.